The third-order valence-corrected chi connectivity index (χ3v) is 4.25. The number of methoxy groups -OCH3 is 1. The van der Waals surface area contributed by atoms with E-state index in [9.17, 15) is 5.26 Å². The lowest BCUT2D eigenvalue weighted by Gasteiger charge is -2.14. The van der Waals surface area contributed by atoms with Crippen molar-refractivity contribution >= 4 is 5.82 Å². The Morgan fingerprint density at radius 1 is 1.07 bits per heavy atom. The minimum Gasteiger partial charge on any atom is -0.493 e. The van der Waals surface area contributed by atoms with Gasteiger partial charge >= 0.3 is 0 Å². The zero-order valence-corrected chi connectivity index (χ0v) is 15.6. The van der Waals surface area contributed by atoms with Crippen LogP contribution in [0.4, 0.5) is 5.82 Å². The topological polar surface area (TPSA) is 81.2 Å². The molecular formula is C22H21N3O2. The molecule has 0 saturated carbocycles. The first-order chi connectivity index (χ1) is 13.1. The van der Waals surface area contributed by atoms with Crippen molar-refractivity contribution in [3.63, 3.8) is 0 Å². The van der Waals surface area contributed by atoms with E-state index >= 15 is 0 Å². The molecule has 0 unspecified atom stereocenters. The van der Waals surface area contributed by atoms with E-state index in [1.807, 2.05) is 62.4 Å². The van der Waals surface area contributed by atoms with Gasteiger partial charge in [-0.2, -0.15) is 5.26 Å². The second-order valence-corrected chi connectivity index (χ2v) is 6.10. The van der Waals surface area contributed by atoms with Gasteiger partial charge < -0.3 is 15.2 Å². The predicted molar refractivity (Wildman–Crippen MR) is 107 cm³/mol. The number of nitriles is 1. The fourth-order valence-electron chi connectivity index (χ4n) is 2.97. The van der Waals surface area contributed by atoms with E-state index in [2.05, 4.69) is 11.1 Å². The molecule has 3 aromatic rings. The van der Waals surface area contributed by atoms with Crippen LogP contribution in [0.5, 0.6) is 11.5 Å². The van der Waals surface area contributed by atoms with Crippen molar-refractivity contribution in [3.8, 4) is 40.0 Å². The van der Waals surface area contributed by atoms with Crippen LogP contribution in [-0.4, -0.2) is 18.7 Å². The lowest BCUT2D eigenvalue weighted by Crippen LogP contribution is -2.00. The van der Waals surface area contributed by atoms with Gasteiger partial charge in [0.05, 0.1) is 19.4 Å². The number of ether oxygens (including phenoxy) is 2. The maximum absolute atomic E-state index is 9.61. The van der Waals surface area contributed by atoms with Gasteiger partial charge in [0.1, 0.15) is 17.5 Å². The van der Waals surface area contributed by atoms with Crippen LogP contribution >= 0.6 is 0 Å². The Hall–Kier alpha value is -3.52. The van der Waals surface area contributed by atoms with Crippen LogP contribution in [0.25, 0.3) is 22.4 Å². The second kappa shape index (κ2) is 7.79. The van der Waals surface area contributed by atoms with E-state index in [-0.39, 0.29) is 5.82 Å². The van der Waals surface area contributed by atoms with E-state index < -0.39 is 0 Å². The number of hydrogen-bond acceptors (Lipinski definition) is 5. The van der Waals surface area contributed by atoms with Crippen LogP contribution in [0, 0.1) is 18.3 Å². The number of hydrogen-bond donors (Lipinski definition) is 1. The summed E-state index contributed by atoms with van der Waals surface area (Å²) in [6.45, 7) is 4.48. The molecule has 0 saturated heterocycles. The van der Waals surface area contributed by atoms with Gasteiger partial charge in [0.25, 0.3) is 0 Å². The minimum absolute atomic E-state index is 0.208. The number of anilines is 1. The summed E-state index contributed by atoms with van der Waals surface area (Å²) >= 11 is 0. The van der Waals surface area contributed by atoms with Gasteiger partial charge in [-0.1, -0.05) is 29.8 Å². The Morgan fingerprint density at radius 2 is 1.89 bits per heavy atom. The summed E-state index contributed by atoms with van der Waals surface area (Å²) in [6, 6.07) is 17.6. The van der Waals surface area contributed by atoms with Gasteiger partial charge in [0, 0.05) is 11.1 Å². The summed E-state index contributed by atoms with van der Waals surface area (Å²) in [6.07, 6.45) is 0. The number of pyridine rings is 1. The van der Waals surface area contributed by atoms with Crippen molar-refractivity contribution in [2.75, 3.05) is 19.5 Å². The summed E-state index contributed by atoms with van der Waals surface area (Å²) in [5.74, 6) is 1.47. The third-order valence-electron chi connectivity index (χ3n) is 4.25. The first-order valence-corrected chi connectivity index (χ1v) is 8.66. The highest BCUT2D eigenvalue weighted by molar-refractivity contribution is 5.81. The number of benzene rings is 2. The number of nitrogens with two attached hydrogens (primary N) is 1. The van der Waals surface area contributed by atoms with Crippen LogP contribution in [0.1, 0.15) is 18.1 Å². The van der Waals surface area contributed by atoms with Crippen molar-refractivity contribution in [1.82, 2.24) is 4.98 Å². The van der Waals surface area contributed by atoms with Crippen LogP contribution in [0.3, 0.4) is 0 Å². The normalized spacial score (nSPS) is 10.3. The molecule has 0 aliphatic rings. The first kappa shape index (κ1) is 18.3. The lowest BCUT2D eigenvalue weighted by molar-refractivity contribution is 0.311. The molecule has 2 N–H and O–H groups in total. The molecule has 3 rings (SSSR count). The molecule has 0 aliphatic heterocycles. The summed E-state index contributed by atoms with van der Waals surface area (Å²) in [5.41, 5.74) is 10.8. The monoisotopic (exact) mass is 359 g/mol. The molecule has 1 aromatic heterocycles. The molecule has 136 valence electrons. The van der Waals surface area contributed by atoms with Crippen LogP contribution in [0.15, 0.2) is 48.5 Å². The molecule has 1 heterocycles. The van der Waals surface area contributed by atoms with Gasteiger partial charge in [-0.15, -0.1) is 0 Å². The average Bonchev–Trinajstić information content (AvgIpc) is 2.68. The standard InChI is InChI=1S/C22H21N3O2/c1-4-27-20-9-8-15(11-21(20)26-3)17-12-19(25-22(24)18(17)13-23)16-7-5-6-14(2)10-16/h5-12H,4H2,1-3H3,(H2,24,25). The van der Waals surface area contributed by atoms with Gasteiger partial charge in [-0.25, -0.2) is 4.98 Å². The maximum Gasteiger partial charge on any atom is 0.161 e. The molecule has 0 aliphatic carbocycles. The van der Waals surface area contributed by atoms with E-state index in [0.717, 1.165) is 22.4 Å². The Morgan fingerprint density at radius 3 is 2.56 bits per heavy atom. The van der Waals surface area contributed by atoms with Crippen molar-refractivity contribution in [1.29, 1.82) is 5.26 Å². The molecular weight excluding hydrogens is 338 g/mol. The first-order valence-electron chi connectivity index (χ1n) is 8.66. The number of aromatic nitrogens is 1. The minimum atomic E-state index is 0.208. The number of nitrogen functional groups attached to an aromatic ring is 1. The van der Waals surface area contributed by atoms with E-state index in [0.29, 0.717) is 29.2 Å². The van der Waals surface area contributed by atoms with Crippen molar-refractivity contribution in [2.45, 2.75) is 13.8 Å². The highest BCUT2D eigenvalue weighted by Gasteiger charge is 2.15. The number of nitrogens with zero attached hydrogens (tertiary/aromatic N) is 2. The smallest absolute Gasteiger partial charge is 0.161 e. The Bertz CT molecular complexity index is 1020. The average molecular weight is 359 g/mol. The van der Waals surface area contributed by atoms with Gasteiger partial charge in [-0.3, -0.25) is 0 Å². The molecule has 0 fully saturated rings. The summed E-state index contributed by atoms with van der Waals surface area (Å²) in [4.78, 5) is 4.43. The zero-order valence-electron chi connectivity index (χ0n) is 15.6. The SMILES string of the molecule is CCOc1ccc(-c2cc(-c3cccc(C)c3)nc(N)c2C#N)cc1OC. The van der Waals surface area contributed by atoms with E-state index in [1.165, 1.54) is 0 Å². The third kappa shape index (κ3) is 3.70. The van der Waals surface area contributed by atoms with Crippen molar-refractivity contribution in [2.24, 2.45) is 0 Å². The fourth-order valence-corrected chi connectivity index (χ4v) is 2.97. The molecule has 0 amide bonds. The second-order valence-electron chi connectivity index (χ2n) is 6.10. The Labute approximate surface area is 159 Å². The summed E-state index contributed by atoms with van der Waals surface area (Å²) in [5, 5.41) is 9.61. The van der Waals surface area contributed by atoms with E-state index in [4.69, 9.17) is 15.2 Å². The molecule has 5 nitrogen and oxygen atoms in total. The highest BCUT2D eigenvalue weighted by atomic mass is 16.5. The maximum atomic E-state index is 9.61. The van der Waals surface area contributed by atoms with Gasteiger partial charge in [0.2, 0.25) is 0 Å². The van der Waals surface area contributed by atoms with Crippen molar-refractivity contribution < 1.29 is 9.47 Å². The lowest BCUT2D eigenvalue weighted by atomic mass is 9.97. The molecule has 27 heavy (non-hydrogen) atoms. The largest absolute Gasteiger partial charge is 0.493 e. The van der Waals surface area contributed by atoms with Crippen LogP contribution in [0.2, 0.25) is 0 Å². The Kier molecular flexibility index (Phi) is 5.28. The van der Waals surface area contributed by atoms with Gasteiger partial charge in [0.15, 0.2) is 11.5 Å². The Balaban J connectivity index is 2.18. The predicted octanol–water partition coefficient (Wildman–Crippen LogP) is 4.59. The molecule has 2 aromatic carbocycles. The quantitative estimate of drug-likeness (QED) is 0.721. The summed E-state index contributed by atoms with van der Waals surface area (Å²) < 4.78 is 11.0. The molecule has 0 bridgehead atoms. The fraction of sp³-hybridized carbons (Fsp3) is 0.182. The molecule has 0 atom stereocenters. The molecule has 0 radical (unpaired) electrons. The van der Waals surface area contributed by atoms with Crippen LogP contribution < -0.4 is 15.2 Å². The number of aryl methyl sites for hydroxylation is 1. The molecule has 0 spiro atoms. The number of rotatable bonds is 5. The van der Waals surface area contributed by atoms with Crippen LogP contribution in [-0.2, 0) is 0 Å². The van der Waals surface area contributed by atoms with Gasteiger partial charge in [-0.05, 0) is 43.7 Å². The van der Waals surface area contributed by atoms with E-state index in [1.54, 1.807) is 7.11 Å². The highest BCUT2D eigenvalue weighted by Crippen LogP contribution is 2.36. The zero-order chi connectivity index (χ0) is 19.4. The molecule has 5 heteroatoms. The van der Waals surface area contributed by atoms with Crippen molar-refractivity contribution in [3.05, 3.63) is 59.7 Å². The summed E-state index contributed by atoms with van der Waals surface area (Å²) in [7, 11) is 1.59.